The number of nitrogens with one attached hydrogen (secondary N) is 2. The topological polar surface area (TPSA) is 93.7 Å². The van der Waals surface area contributed by atoms with Crippen LogP contribution in [0.4, 0.5) is 10.1 Å². The summed E-state index contributed by atoms with van der Waals surface area (Å²) in [5.74, 6) is -0.782. The SMILES string of the molecule is COc1ccc(OC)c(/C=C/C(=O)c2ccc(NC(=O)/C(=C/c3ccccc3F)NC(=O)c3ccccc3)cc2)c1. The Kier molecular flexibility index (Phi) is 9.41. The van der Waals surface area contributed by atoms with Gasteiger partial charge in [0.1, 0.15) is 23.0 Å². The van der Waals surface area contributed by atoms with Crippen molar-refractivity contribution in [1.29, 1.82) is 0 Å². The number of ketones is 1. The first-order valence-corrected chi connectivity index (χ1v) is 12.6. The van der Waals surface area contributed by atoms with Crippen molar-refractivity contribution in [3.05, 3.63) is 137 Å². The molecule has 0 saturated carbocycles. The molecule has 41 heavy (non-hydrogen) atoms. The van der Waals surface area contributed by atoms with E-state index in [1.54, 1.807) is 92.0 Å². The molecule has 4 rings (SSSR count). The van der Waals surface area contributed by atoms with Gasteiger partial charge < -0.3 is 20.1 Å². The van der Waals surface area contributed by atoms with Crippen LogP contribution in [0.5, 0.6) is 11.5 Å². The minimum atomic E-state index is -0.665. The van der Waals surface area contributed by atoms with E-state index < -0.39 is 17.6 Å². The zero-order valence-electron chi connectivity index (χ0n) is 22.4. The van der Waals surface area contributed by atoms with E-state index in [4.69, 9.17) is 9.47 Å². The van der Waals surface area contributed by atoms with Crippen LogP contribution in [0.3, 0.4) is 0 Å². The van der Waals surface area contributed by atoms with Gasteiger partial charge in [0.15, 0.2) is 5.78 Å². The van der Waals surface area contributed by atoms with Crippen LogP contribution in [0.25, 0.3) is 12.2 Å². The van der Waals surface area contributed by atoms with Gasteiger partial charge in [0.2, 0.25) is 0 Å². The quantitative estimate of drug-likeness (QED) is 0.183. The molecule has 0 atom stereocenters. The highest BCUT2D eigenvalue weighted by Gasteiger charge is 2.16. The van der Waals surface area contributed by atoms with Crippen LogP contribution < -0.4 is 20.1 Å². The Morgan fingerprint density at radius 1 is 0.756 bits per heavy atom. The molecule has 0 unspecified atom stereocenters. The Morgan fingerprint density at radius 2 is 1.46 bits per heavy atom. The van der Waals surface area contributed by atoms with Crippen LogP contribution in [0.15, 0.2) is 109 Å². The van der Waals surface area contributed by atoms with E-state index in [1.165, 1.54) is 37.5 Å². The fourth-order valence-corrected chi connectivity index (χ4v) is 3.84. The van der Waals surface area contributed by atoms with Gasteiger partial charge >= 0.3 is 0 Å². The second-order valence-corrected chi connectivity index (χ2v) is 8.74. The molecule has 4 aromatic rings. The molecule has 0 aliphatic heterocycles. The summed E-state index contributed by atoms with van der Waals surface area (Å²) in [5.41, 5.74) is 1.75. The third kappa shape index (κ3) is 7.54. The summed E-state index contributed by atoms with van der Waals surface area (Å²) < 4.78 is 24.9. The third-order valence-electron chi connectivity index (χ3n) is 6.01. The number of anilines is 1. The average Bonchev–Trinajstić information content (AvgIpc) is 3.01. The number of methoxy groups -OCH3 is 2. The molecule has 0 aromatic heterocycles. The van der Waals surface area contributed by atoms with E-state index in [1.807, 2.05) is 0 Å². The number of hydrogen-bond donors (Lipinski definition) is 2. The maximum atomic E-state index is 14.3. The summed E-state index contributed by atoms with van der Waals surface area (Å²) in [6, 6.07) is 25.8. The zero-order valence-corrected chi connectivity index (χ0v) is 22.4. The van der Waals surface area contributed by atoms with Gasteiger partial charge in [0.25, 0.3) is 11.8 Å². The summed E-state index contributed by atoms with van der Waals surface area (Å²) >= 11 is 0. The molecule has 2 N–H and O–H groups in total. The van der Waals surface area contributed by atoms with Crippen LogP contribution in [-0.4, -0.2) is 31.8 Å². The van der Waals surface area contributed by atoms with E-state index in [-0.39, 0.29) is 17.0 Å². The minimum Gasteiger partial charge on any atom is -0.497 e. The lowest BCUT2D eigenvalue weighted by Gasteiger charge is -2.12. The summed E-state index contributed by atoms with van der Waals surface area (Å²) in [7, 11) is 3.09. The van der Waals surface area contributed by atoms with Gasteiger partial charge in [0.05, 0.1) is 14.2 Å². The Hall–Kier alpha value is -5.50. The predicted octanol–water partition coefficient (Wildman–Crippen LogP) is 6.15. The Labute approximate surface area is 236 Å². The number of rotatable bonds is 10. The first kappa shape index (κ1) is 28.5. The summed E-state index contributed by atoms with van der Waals surface area (Å²) in [5, 5.41) is 5.26. The number of allylic oxidation sites excluding steroid dienone is 1. The first-order valence-electron chi connectivity index (χ1n) is 12.6. The highest BCUT2D eigenvalue weighted by Crippen LogP contribution is 2.25. The Morgan fingerprint density at radius 3 is 2.15 bits per heavy atom. The predicted molar refractivity (Wildman–Crippen MR) is 156 cm³/mol. The third-order valence-corrected chi connectivity index (χ3v) is 6.01. The monoisotopic (exact) mass is 550 g/mol. The van der Waals surface area contributed by atoms with Gasteiger partial charge in [-0.3, -0.25) is 14.4 Å². The van der Waals surface area contributed by atoms with E-state index >= 15 is 0 Å². The van der Waals surface area contributed by atoms with Crippen LogP contribution in [0, 0.1) is 5.82 Å². The standard InChI is InChI=1S/C33H27FN2O5/c1-40-27-17-19-31(41-2)25(20-27)14-18-30(37)22-12-15-26(16-13-22)35-33(39)29(21-24-10-6-7-11-28(24)34)36-32(38)23-8-4-3-5-9-23/h3-21H,1-2H3,(H,35,39)(H,36,38)/b18-14+,29-21-. The van der Waals surface area contributed by atoms with Crippen LogP contribution in [0.2, 0.25) is 0 Å². The van der Waals surface area contributed by atoms with Crippen molar-refractivity contribution in [3.63, 3.8) is 0 Å². The number of carbonyl (C=O) groups is 3. The van der Waals surface area contributed by atoms with Crippen LogP contribution in [-0.2, 0) is 4.79 Å². The van der Waals surface area contributed by atoms with Crippen molar-refractivity contribution >= 4 is 35.4 Å². The molecule has 0 radical (unpaired) electrons. The Bertz CT molecular complexity index is 1610. The summed E-state index contributed by atoms with van der Waals surface area (Å²) in [4.78, 5) is 38.7. The van der Waals surface area contributed by atoms with Crippen molar-refractivity contribution in [2.24, 2.45) is 0 Å². The number of ether oxygens (including phenoxy) is 2. The first-order chi connectivity index (χ1) is 19.9. The summed E-state index contributed by atoms with van der Waals surface area (Å²) in [6.07, 6.45) is 4.31. The second-order valence-electron chi connectivity index (χ2n) is 8.74. The molecular weight excluding hydrogens is 523 g/mol. The molecule has 4 aromatic carbocycles. The van der Waals surface area contributed by atoms with Gasteiger partial charge in [-0.15, -0.1) is 0 Å². The van der Waals surface area contributed by atoms with Crippen molar-refractivity contribution in [3.8, 4) is 11.5 Å². The maximum Gasteiger partial charge on any atom is 0.272 e. The van der Waals surface area contributed by atoms with E-state index in [0.29, 0.717) is 33.9 Å². The number of carbonyl (C=O) groups excluding carboxylic acids is 3. The molecule has 206 valence electrons. The van der Waals surface area contributed by atoms with Gasteiger partial charge in [-0.05, 0) is 78.9 Å². The molecule has 8 heteroatoms. The van der Waals surface area contributed by atoms with E-state index in [0.717, 1.165) is 0 Å². The molecular formula is C33H27FN2O5. The molecule has 0 spiro atoms. The molecule has 2 amide bonds. The lowest BCUT2D eigenvalue weighted by atomic mass is 10.1. The normalized spacial score (nSPS) is 11.1. The fraction of sp³-hybridized carbons (Fsp3) is 0.0606. The van der Waals surface area contributed by atoms with Crippen molar-refractivity contribution in [2.45, 2.75) is 0 Å². The summed E-state index contributed by atoms with van der Waals surface area (Å²) in [6.45, 7) is 0. The number of hydrogen-bond acceptors (Lipinski definition) is 5. The van der Waals surface area contributed by atoms with E-state index in [2.05, 4.69) is 10.6 Å². The molecule has 0 saturated heterocycles. The number of benzene rings is 4. The molecule has 0 heterocycles. The number of halogens is 1. The lowest BCUT2D eigenvalue weighted by Crippen LogP contribution is -2.30. The maximum absolute atomic E-state index is 14.3. The average molecular weight is 551 g/mol. The van der Waals surface area contributed by atoms with Gasteiger partial charge in [0, 0.05) is 27.9 Å². The van der Waals surface area contributed by atoms with Gasteiger partial charge in [-0.2, -0.15) is 0 Å². The molecule has 0 fully saturated rings. The molecule has 0 aliphatic carbocycles. The molecule has 0 bridgehead atoms. The van der Waals surface area contributed by atoms with Crippen molar-refractivity contribution < 1.29 is 28.2 Å². The lowest BCUT2D eigenvalue weighted by molar-refractivity contribution is -0.113. The largest absolute Gasteiger partial charge is 0.497 e. The second kappa shape index (κ2) is 13.5. The Balaban J connectivity index is 1.50. The molecule has 7 nitrogen and oxygen atoms in total. The van der Waals surface area contributed by atoms with E-state index in [9.17, 15) is 18.8 Å². The van der Waals surface area contributed by atoms with Crippen LogP contribution >= 0.6 is 0 Å². The molecule has 0 aliphatic rings. The minimum absolute atomic E-state index is 0.131. The highest BCUT2D eigenvalue weighted by molar-refractivity contribution is 6.11. The smallest absolute Gasteiger partial charge is 0.272 e. The van der Waals surface area contributed by atoms with Gasteiger partial charge in [-0.1, -0.05) is 36.4 Å². The van der Waals surface area contributed by atoms with Gasteiger partial charge in [-0.25, -0.2) is 4.39 Å². The van der Waals surface area contributed by atoms with Crippen molar-refractivity contribution in [1.82, 2.24) is 5.32 Å². The van der Waals surface area contributed by atoms with Crippen LogP contribution in [0.1, 0.15) is 31.8 Å². The van der Waals surface area contributed by atoms with Crippen molar-refractivity contribution in [2.75, 3.05) is 19.5 Å². The number of amides is 2. The fourth-order valence-electron chi connectivity index (χ4n) is 3.84. The highest BCUT2D eigenvalue weighted by atomic mass is 19.1. The zero-order chi connectivity index (χ0) is 29.2.